The predicted molar refractivity (Wildman–Crippen MR) is 79.4 cm³/mol. The van der Waals surface area contributed by atoms with Gasteiger partial charge >= 0.3 is 0 Å². The Labute approximate surface area is 119 Å². The molecule has 1 unspecified atom stereocenters. The lowest BCUT2D eigenvalue weighted by molar-refractivity contribution is 0.0525. The van der Waals surface area contributed by atoms with Crippen LogP contribution in [0.4, 0.5) is 5.82 Å². The molecule has 6 heteroatoms. The van der Waals surface area contributed by atoms with E-state index >= 15 is 0 Å². The molecule has 1 aromatic rings. The minimum atomic E-state index is 0.0500. The standard InChI is InChI=1S/C14H23N5O/c1-4-20-11-6-5-7-19(8-11)14-12(13(15)16)9(2)10(3)17-18-14/h11H,4-8H2,1-3H3,(H3,15,16). The molecule has 0 bridgehead atoms. The Morgan fingerprint density at radius 3 is 2.85 bits per heavy atom. The molecule has 1 fully saturated rings. The van der Waals surface area contributed by atoms with Gasteiger partial charge in [-0.15, -0.1) is 5.10 Å². The number of aromatic nitrogens is 2. The molecule has 0 aliphatic carbocycles. The maximum atomic E-state index is 7.82. The summed E-state index contributed by atoms with van der Waals surface area (Å²) < 4.78 is 5.71. The highest BCUT2D eigenvalue weighted by molar-refractivity contribution is 6.01. The second kappa shape index (κ2) is 6.17. The second-order valence-corrected chi connectivity index (χ2v) is 5.19. The van der Waals surface area contributed by atoms with Crippen molar-refractivity contribution in [2.45, 2.75) is 39.7 Å². The van der Waals surface area contributed by atoms with Crippen LogP contribution < -0.4 is 10.6 Å². The van der Waals surface area contributed by atoms with Gasteiger partial charge in [-0.05, 0) is 39.2 Å². The first-order valence-electron chi connectivity index (χ1n) is 7.09. The van der Waals surface area contributed by atoms with Gasteiger partial charge in [-0.1, -0.05) is 0 Å². The number of ether oxygens (including phenoxy) is 1. The van der Waals surface area contributed by atoms with E-state index in [-0.39, 0.29) is 11.9 Å². The van der Waals surface area contributed by atoms with E-state index in [1.807, 2.05) is 20.8 Å². The zero-order valence-electron chi connectivity index (χ0n) is 12.4. The summed E-state index contributed by atoms with van der Waals surface area (Å²) in [6.07, 6.45) is 2.34. The number of nitrogen functional groups attached to an aromatic ring is 1. The third-order valence-corrected chi connectivity index (χ3v) is 3.79. The molecule has 110 valence electrons. The Hall–Kier alpha value is -1.69. The minimum absolute atomic E-state index is 0.0500. The van der Waals surface area contributed by atoms with Gasteiger partial charge in [0.1, 0.15) is 5.84 Å². The molecule has 0 aromatic carbocycles. The predicted octanol–water partition coefficient (Wildman–Crippen LogP) is 1.38. The fraction of sp³-hybridized carbons (Fsp3) is 0.643. The second-order valence-electron chi connectivity index (χ2n) is 5.19. The van der Waals surface area contributed by atoms with E-state index in [1.165, 1.54) is 0 Å². The van der Waals surface area contributed by atoms with Crippen LogP contribution in [-0.4, -0.2) is 41.8 Å². The van der Waals surface area contributed by atoms with Crippen LogP contribution in [0.5, 0.6) is 0 Å². The van der Waals surface area contributed by atoms with E-state index in [1.54, 1.807) is 0 Å². The molecule has 20 heavy (non-hydrogen) atoms. The van der Waals surface area contributed by atoms with Crippen molar-refractivity contribution in [2.24, 2.45) is 5.73 Å². The summed E-state index contributed by atoms with van der Waals surface area (Å²) in [6, 6.07) is 0. The molecule has 1 atom stereocenters. The first-order valence-corrected chi connectivity index (χ1v) is 7.09. The van der Waals surface area contributed by atoms with Gasteiger partial charge in [-0.3, -0.25) is 5.41 Å². The number of piperidine rings is 1. The number of aryl methyl sites for hydroxylation is 1. The Morgan fingerprint density at radius 2 is 2.20 bits per heavy atom. The van der Waals surface area contributed by atoms with Crippen LogP contribution in [0.3, 0.4) is 0 Å². The van der Waals surface area contributed by atoms with Gasteiger partial charge < -0.3 is 15.4 Å². The number of hydrogen-bond donors (Lipinski definition) is 2. The normalized spacial score (nSPS) is 19.1. The molecule has 2 heterocycles. The summed E-state index contributed by atoms with van der Waals surface area (Å²) in [5.74, 6) is 0.763. The lowest BCUT2D eigenvalue weighted by Crippen LogP contribution is -2.41. The molecule has 2 rings (SSSR count). The summed E-state index contributed by atoms with van der Waals surface area (Å²) in [7, 11) is 0. The van der Waals surface area contributed by atoms with Gasteiger partial charge in [0.15, 0.2) is 5.82 Å². The van der Waals surface area contributed by atoms with Gasteiger partial charge in [-0.25, -0.2) is 0 Å². The third kappa shape index (κ3) is 2.90. The van der Waals surface area contributed by atoms with Crippen LogP contribution in [0.1, 0.15) is 36.6 Å². The van der Waals surface area contributed by atoms with Crippen LogP contribution >= 0.6 is 0 Å². The number of nitrogens with one attached hydrogen (secondary N) is 1. The monoisotopic (exact) mass is 277 g/mol. The fourth-order valence-electron chi connectivity index (χ4n) is 2.64. The molecular formula is C14H23N5O. The zero-order chi connectivity index (χ0) is 14.7. The van der Waals surface area contributed by atoms with Gasteiger partial charge in [0.2, 0.25) is 0 Å². The maximum Gasteiger partial charge on any atom is 0.162 e. The van der Waals surface area contributed by atoms with Crippen LogP contribution in [0, 0.1) is 19.3 Å². The fourth-order valence-corrected chi connectivity index (χ4v) is 2.64. The Balaban J connectivity index is 2.32. The number of amidine groups is 1. The smallest absolute Gasteiger partial charge is 0.162 e. The van der Waals surface area contributed by atoms with Crippen molar-refractivity contribution >= 4 is 11.7 Å². The molecule has 0 amide bonds. The highest BCUT2D eigenvalue weighted by Crippen LogP contribution is 2.25. The zero-order valence-corrected chi connectivity index (χ0v) is 12.4. The quantitative estimate of drug-likeness (QED) is 0.641. The molecule has 6 nitrogen and oxygen atoms in total. The SMILES string of the molecule is CCOC1CCCN(c2nnc(C)c(C)c2C(=N)N)C1. The number of hydrogen-bond acceptors (Lipinski definition) is 5. The van der Waals surface area contributed by atoms with Gasteiger partial charge in [0, 0.05) is 19.7 Å². The molecule has 1 saturated heterocycles. The van der Waals surface area contributed by atoms with E-state index in [0.29, 0.717) is 11.4 Å². The molecule has 1 aliphatic heterocycles. The van der Waals surface area contributed by atoms with Crippen LogP contribution in [0.15, 0.2) is 0 Å². The molecule has 0 radical (unpaired) electrons. The largest absolute Gasteiger partial charge is 0.384 e. The van der Waals surface area contributed by atoms with Crippen molar-refractivity contribution in [3.8, 4) is 0 Å². The van der Waals surface area contributed by atoms with Crippen molar-refractivity contribution in [3.63, 3.8) is 0 Å². The van der Waals surface area contributed by atoms with Crippen molar-refractivity contribution in [1.29, 1.82) is 5.41 Å². The van der Waals surface area contributed by atoms with Crippen LogP contribution in [-0.2, 0) is 4.74 Å². The molecule has 0 saturated carbocycles. The molecule has 1 aliphatic rings. The number of rotatable bonds is 4. The summed E-state index contributed by atoms with van der Waals surface area (Å²) in [4.78, 5) is 2.14. The summed E-state index contributed by atoms with van der Waals surface area (Å²) in [5, 5.41) is 16.3. The lowest BCUT2D eigenvalue weighted by atomic mass is 10.0. The Morgan fingerprint density at radius 1 is 1.45 bits per heavy atom. The number of anilines is 1. The highest BCUT2D eigenvalue weighted by Gasteiger charge is 2.25. The van der Waals surface area contributed by atoms with Crippen molar-refractivity contribution < 1.29 is 4.74 Å². The highest BCUT2D eigenvalue weighted by atomic mass is 16.5. The number of nitrogens with two attached hydrogens (primary N) is 1. The topological polar surface area (TPSA) is 88.1 Å². The lowest BCUT2D eigenvalue weighted by Gasteiger charge is -2.34. The average molecular weight is 277 g/mol. The van der Waals surface area contributed by atoms with E-state index in [4.69, 9.17) is 15.9 Å². The molecular weight excluding hydrogens is 254 g/mol. The Kier molecular flexibility index (Phi) is 4.54. The van der Waals surface area contributed by atoms with Crippen molar-refractivity contribution in [1.82, 2.24) is 10.2 Å². The van der Waals surface area contributed by atoms with E-state index < -0.39 is 0 Å². The summed E-state index contributed by atoms with van der Waals surface area (Å²) in [6.45, 7) is 8.24. The molecule has 3 N–H and O–H groups in total. The van der Waals surface area contributed by atoms with Crippen LogP contribution in [0.2, 0.25) is 0 Å². The first kappa shape index (κ1) is 14.7. The maximum absolute atomic E-state index is 7.82. The van der Waals surface area contributed by atoms with Crippen molar-refractivity contribution in [3.05, 3.63) is 16.8 Å². The third-order valence-electron chi connectivity index (χ3n) is 3.79. The Bertz CT molecular complexity index is 501. The van der Waals surface area contributed by atoms with E-state index in [0.717, 1.165) is 43.8 Å². The molecule has 1 aromatic heterocycles. The minimum Gasteiger partial charge on any atom is -0.384 e. The van der Waals surface area contributed by atoms with Crippen molar-refractivity contribution in [2.75, 3.05) is 24.6 Å². The van der Waals surface area contributed by atoms with Crippen LogP contribution in [0.25, 0.3) is 0 Å². The average Bonchev–Trinajstić information content (AvgIpc) is 2.42. The van der Waals surface area contributed by atoms with Gasteiger partial charge in [0.25, 0.3) is 0 Å². The van der Waals surface area contributed by atoms with Gasteiger partial charge in [-0.2, -0.15) is 5.10 Å². The van der Waals surface area contributed by atoms with E-state index in [9.17, 15) is 0 Å². The summed E-state index contributed by atoms with van der Waals surface area (Å²) in [5.41, 5.74) is 8.19. The molecule has 0 spiro atoms. The number of nitrogens with zero attached hydrogens (tertiary/aromatic N) is 3. The van der Waals surface area contributed by atoms with E-state index in [2.05, 4.69) is 15.1 Å². The first-order chi connectivity index (χ1) is 9.54. The van der Waals surface area contributed by atoms with Gasteiger partial charge in [0.05, 0.1) is 17.4 Å². The summed E-state index contributed by atoms with van der Waals surface area (Å²) >= 11 is 0.